The van der Waals surface area contributed by atoms with Gasteiger partial charge in [-0.3, -0.25) is 0 Å². The average molecular weight is 457 g/mol. The van der Waals surface area contributed by atoms with E-state index in [1.165, 1.54) is 69.2 Å². The molecule has 3 heteroatoms. The smallest absolute Gasteiger partial charge is 0.0526 e. The van der Waals surface area contributed by atoms with E-state index in [1.54, 1.807) is 0 Å². The quantitative estimate of drug-likeness (QED) is 0.256. The first-order chi connectivity index (χ1) is 16.1. The molecular formula is C30H36N2S. The summed E-state index contributed by atoms with van der Waals surface area (Å²) >= 11 is 1.85. The van der Waals surface area contributed by atoms with Gasteiger partial charge < -0.3 is 10.2 Å². The predicted molar refractivity (Wildman–Crippen MR) is 146 cm³/mol. The number of hydrogen-bond acceptors (Lipinski definition) is 3. The molecule has 1 atom stereocenters. The molecule has 1 N–H and O–H groups in total. The van der Waals surface area contributed by atoms with Crippen molar-refractivity contribution < 1.29 is 0 Å². The topological polar surface area (TPSA) is 15.3 Å². The fraction of sp³-hybridized carbons (Fsp3) is 0.333. The number of nitrogens with zero attached hydrogens (tertiary/aromatic N) is 1. The minimum absolute atomic E-state index is 0.292. The van der Waals surface area contributed by atoms with Crippen molar-refractivity contribution in [2.24, 2.45) is 0 Å². The van der Waals surface area contributed by atoms with Gasteiger partial charge >= 0.3 is 0 Å². The van der Waals surface area contributed by atoms with Crippen LogP contribution in [0, 0.1) is 0 Å². The van der Waals surface area contributed by atoms with Crippen molar-refractivity contribution >= 4 is 34.9 Å². The van der Waals surface area contributed by atoms with Gasteiger partial charge in [-0.1, -0.05) is 82.3 Å². The molecule has 0 saturated heterocycles. The molecule has 1 aliphatic heterocycles. The first-order valence-corrected chi connectivity index (χ1v) is 13.2. The monoisotopic (exact) mass is 456 g/mol. The first-order valence-electron chi connectivity index (χ1n) is 12.3. The molecular weight excluding hydrogens is 420 g/mol. The number of anilines is 3. The molecule has 172 valence electrons. The molecule has 3 aromatic carbocycles. The fourth-order valence-corrected chi connectivity index (χ4v) is 5.52. The number of para-hydroxylation sites is 1. The van der Waals surface area contributed by atoms with E-state index >= 15 is 0 Å². The standard InChI is InChI=1S/C30H36N2S/c1-5-8-18-32(19-9-6-2)25-16-14-23(7-3)26(21-25)22(4)24-15-17-28-30(20-24)33-29-13-11-10-12-27(29)31-28/h7,10-17,20-22,31H,3,5-6,8-9,18-19H2,1-2,4H3. The molecule has 0 amide bonds. The Morgan fingerprint density at radius 2 is 1.64 bits per heavy atom. The van der Waals surface area contributed by atoms with Gasteiger partial charge in [-0.2, -0.15) is 0 Å². The zero-order valence-corrected chi connectivity index (χ0v) is 21.0. The zero-order chi connectivity index (χ0) is 23.2. The van der Waals surface area contributed by atoms with Crippen LogP contribution in [0.1, 0.15) is 69.1 Å². The number of benzene rings is 3. The molecule has 0 saturated carbocycles. The van der Waals surface area contributed by atoms with Gasteiger partial charge in [0.1, 0.15) is 0 Å². The second-order valence-corrected chi connectivity index (χ2v) is 10.00. The second-order valence-electron chi connectivity index (χ2n) is 8.91. The van der Waals surface area contributed by atoms with Crippen LogP contribution < -0.4 is 10.2 Å². The molecule has 2 nitrogen and oxygen atoms in total. The third-order valence-electron chi connectivity index (χ3n) is 6.57. The van der Waals surface area contributed by atoms with Crippen LogP contribution in [0.5, 0.6) is 0 Å². The van der Waals surface area contributed by atoms with Crippen LogP contribution in [0.15, 0.2) is 77.0 Å². The number of nitrogens with one attached hydrogen (secondary N) is 1. The summed E-state index contributed by atoms with van der Waals surface area (Å²) in [4.78, 5) is 5.15. The van der Waals surface area contributed by atoms with E-state index in [9.17, 15) is 0 Å². The number of hydrogen-bond donors (Lipinski definition) is 1. The lowest BCUT2D eigenvalue weighted by Gasteiger charge is -2.27. The molecule has 1 heterocycles. The van der Waals surface area contributed by atoms with Gasteiger partial charge in [0.2, 0.25) is 0 Å². The molecule has 0 fully saturated rings. The van der Waals surface area contributed by atoms with Gasteiger partial charge in [0.15, 0.2) is 0 Å². The maximum atomic E-state index is 4.11. The second kappa shape index (κ2) is 11.0. The van der Waals surface area contributed by atoms with Gasteiger partial charge in [-0.15, -0.1) is 0 Å². The zero-order valence-electron chi connectivity index (χ0n) is 20.2. The lowest BCUT2D eigenvalue weighted by atomic mass is 9.89. The van der Waals surface area contributed by atoms with Crippen LogP contribution in [-0.4, -0.2) is 13.1 Å². The molecule has 33 heavy (non-hydrogen) atoms. The van der Waals surface area contributed by atoms with Gasteiger partial charge in [-0.25, -0.2) is 0 Å². The minimum Gasteiger partial charge on any atom is -0.372 e. The van der Waals surface area contributed by atoms with Crippen molar-refractivity contribution in [1.29, 1.82) is 0 Å². The Bertz CT molecular complexity index is 1100. The predicted octanol–water partition coefficient (Wildman–Crippen LogP) is 9.10. The highest BCUT2D eigenvalue weighted by molar-refractivity contribution is 7.99. The molecule has 0 aromatic heterocycles. The lowest BCUT2D eigenvalue weighted by Crippen LogP contribution is -2.25. The molecule has 0 spiro atoms. The summed E-state index contributed by atoms with van der Waals surface area (Å²) in [5.74, 6) is 0.292. The van der Waals surface area contributed by atoms with E-state index in [4.69, 9.17) is 0 Å². The van der Waals surface area contributed by atoms with Crippen LogP contribution >= 0.6 is 11.8 Å². The summed E-state index contributed by atoms with van der Waals surface area (Å²) in [6.07, 6.45) is 6.91. The van der Waals surface area contributed by atoms with Crippen molar-refractivity contribution in [3.05, 3.63) is 83.9 Å². The van der Waals surface area contributed by atoms with E-state index < -0.39 is 0 Å². The molecule has 4 rings (SSSR count). The Balaban J connectivity index is 1.64. The summed E-state index contributed by atoms with van der Waals surface area (Å²) in [6, 6.07) is 22.3. The molecule has 1 aliphatic rings. The summed E-state index contributed by atoms with van der Waals surface area (Å²) in [6.45, 7) is 13.2. The highest BCUT2D eigenvalue weighted by atomic mass is 32.2. The van der Waals surface area contributed by atoms with Gasteiger partial charge in [0.25, 0.3) is 0 Å². The summed E-state index contributed by atoms with van der Waals surface area (Å²) in [5.41, 5.74) is 7.65. The summed E-state index contributed by atoms with van der Waals surface area (Å²) in [7, 11) is 0. The fourth-order valence-electron chi connectivity index (χ4n) is 4.49. The highest BCUT2D eigenvalue weighted by Gasteiger charge is 2.19. The van der Waals surface area contributed by atoms with E-state index in [0.29, 0.717) is 5.92 Å². The van der Waals surface area contributed by atoms with Crippen LogP contribution in [0.3, 0.4) is 0 Å². The molecule has 0 bridgehead atoms. The molecule has 3 aromatic rings. The van der Waals surface area contributed by atoms with Crippen LogP contribution in [-0.2, 0) is 0 Å². The maximum absolute atomic E-state index is 4.11. The first kappa shape index (κ1) is 23.5. The number of fused-ring (bicyclic) bond motifs is 2. The van der Waals surface area contributed by atoms with Gasteiger partial charge in [0.05, 0.1) is 11.4 Å². The Labute approximate surface area is 204 Å². The normalized spacial score (nSPS) is 12.9. The lowest BCUT2D eigenvalue weighted by molar-refractivity contribution is 0.677. The largest absolute Gasteiger partial charge is 0.372 e. The Morgan fingerprint density at radius 1 is 0.909 bits per heavy atom. The van der Waals surface area contributed by atoms with Crippen molar-refractivity contribution in [1.82, 2.24) is 0 Å². The molecule has 1 unspecified atom stereocenters. The van der Waals surface area contributed by atoms with Crippen molar-refractivity contribution in [3.8, 4) is 0 Å². The van der Waals surface area contributed by atoms with Crippen molar-refractivity contribution in [2.45, 2.75) is 62.2 Å². The van der Waals surface area contributed by atoms with Crippen molar-refractivity contribution in [2.75, 3.05) is 23.3 Å². The number of rotatable bonds is 10. The van der Waals surface area contributed by atoms with Gasteiger partial charge in [-0.05, 0) is 65.9 Å². The van der Waals surface area contributed by atoms with E-state index in [1.807, 2.05) is 17.8 Å². The van der Waals surface area contributed by atoms with E-state index in [2.05, 4.69) is 98.2 Å². The Kier molecular flexibility index (Phi) is 7.82. The number of unbranched alkanes of at least 4 members (excludes halogenated alkanes) is 2. The summed E-state index contributed by atoms with van der Waals surface area (Å²) in [5, 5.41) is 3.59. The Hall–Kier alpha value is -2.65. The average Bonchev–Trinajstić information content (AvgIpc) is 2.86. The van der Waals surface area contributed by atoms with E-state index in [-0.39, 0.29) is 0 Å². The third kappa shape index (κ3) is 5.30. The van der Waals surface area contributed by atoms with Crippen LogP contribution in [0.2, 0.25) is 0 Å². The van der Waals surface area contributed by atoms with Crippen LogP contribution in [0.4, 0.5) is 17.1 Å². The molecule has 0 aliphatic carbocycles. The van der Waals surface area contributed by atoms with E-state index in [0.717, 1.165) is 13.1 Å². The van der Waals surface area contributed by atoms with Gasteiger partial charge in [0, 0.05) is 34.5 Å². The molecule has 0 radical (unpaired) electrons. The summed E-state index contributed by atoms with van der Waals surface area (Å²) < 4.78 is 0. The SMILES string of the molecule is C=Cc1ccc(N(CCCC)CCCC)cc1C(C)c1ccc2c(c1)Sc1ccccc1N2. The highest BCUT2D eigenvalue weighted by Crippen LogP contribution is 2.45. The van der Waals surface area contributed by atoms with Crippen molar-refractivity contribution in [3.63, 3.8) is 0 Å². The maximum Gasteiger partial charge on any atom is 0.0526 e. The third-order valence-corrected chi connectivity index (χ3v) is 7.70. The Morgan fingerprint density at radius 3 is 2.36 bits per heavy atom. The van der Waals surface area contributed by atoms with Crippen LogP contribution in [0.25, 0.3) is 6.08 Å². The minimum atomic E-state index is 0.292.